The second kappa shape index (κ2) is 11.9. The summed E-state index contributed by atoms with van der Waals surface area (Å²) in [6, 6.07) is 0. The van der Waals surface area contributed by atoms with Crippen molar-refractivity contribution in [3.8, 4) is 0 Å². The van der Waals surface area contributed by atoms with Crippen molar-refractivity contribution in [2.75, 3.05) is 13.7 Å². The largest absolute Gasteiger partial charge is 0.379 e. The molecule has 0 radical (unpaired) electrons. The van der Waals surface area contributed by atoms with Gasteiger partial charge in [-0.3, -0.25) is 4.79 Å². The zero-order valence-corrected chi connectivity index (χ0v) is 18.4. The van der Waals surface area contributed by atoms with Gasteiger partial charge >= 0.3 is 0 Å². The first kappa shape index (κ1) is 25.7. The van der Waals surface area contributed by atoms with E-state index in [1.165, 1.54) is 0 Å². The summed E-state index contributed by atoms with van der Waals surface area (Å²) in [5, 5.41) is 0. The van der Waals surface area contributed by atoms with Gasteiger partial charge in [0, 0.05) is 30.2 Å². The second-order valence-electron chi connectivity index (χ2n) is 8.43. The monoisotopic (exact) mass is 360 g/mol. The Balaban J connectivity index is 0. The van der Waals surface area contributed by atoms with E-state index in [4.69, 9.17) is 4.74 Å². The Labute approximate surface area is 155 Å². The van der Waals surface area contributed by atoms with Crippen LogP contribution in [0.1, 0.15) is 81.6 Å². The van der Waals surface area contributed by atoms with E-state index < -0.39 is 0 Å². The Kier molecular flexibility index (Phi) is 12.7. The average molecular weight is 361 g/mol. The maximum Gasteiger partial charge on any atom is 0.210 e. The van der Waals surface area contributed by atoms with Crippen LogP contribution in [0.3, 0.4) is 0 Å². The fourth-order valence-corrected chi connectivity index (χ4v) is 2.13. The van der Waals surface area contributed by atoms with Crippen LogP contribution in [-0.4, -0.2) is 47.1 Å². The summed E-state index contributed by atoms with van der Waals surface area (Å²) >= 11 is 1.63. The van der Waals surface area contributed by atoms with Gasteiger partial charge in [0.25, 0.3) is 0 Å². The van der Waals surface area contributed by atoms with E-state index in [-0.39, 0.29) is 15.9 Å². The molecule has 24 heavy (non-hydrogen) atoms. The predicted molar refractivity (Wildman–Crippen MR) is 109 cm³/mol. The molecule has 0 spiro atoms. The average Bonchev–Trinajstić information content (AvgIpc) is 2.77. The Morgan fingerprint density at radius 3 is 1.92 bits per heavy atom. The first-order valence-electron chi connectivity index (χ1n) is 8.76. The molecule has 1 fully saturated rings. The summed E-state index contributed by atoms with van der Waals surface area (Å²) in [6.45, 7) is 19.8. The SMILES string of the molecule is CC/C=N\SC(C)(C)C.CC1(C)CCCN1C=O.COC(C)(C)C. The fraction of sp³-hybridized carbons (Fsp3) is 0.895. The Morgan fingerprint density at radius 2 is 1.71 bits per heavy atom. The lowest BCUT2D eigenvalue weighted by Crippen LogP contribution is -2.36. The third-order valence-electron chi connectivity index (χ3n) is 3.29. The molecule has 0 unspecified atom stereocenters. The van der Waals surface area contributed by atoms with Gasteiger partial charge in [0.05, 0.1) is 5.60 Å². The van der Waals surface area contributed by atoms with Crippen LogP contribution in [0.25, 0.3) is 0 Å². The highest BCUT2D eigenvalue weighted by molar-refractivity contribution is 7.99. The molecule has 1 rings (SSSR count). The van der Waals surface area contributed by atoms with Gasteiger partial charge in [-0.05, 0) is 86.6 Å². The Bertz CT molecular complexity index is 355. The molecule has 0 aromatic heterocycles. The molecule has 5 heteroatoms. The van der Waals surface area contributed by atoms with Crippen LogP contribution in [0.2, 0.25) is 0 Å². The number of methoxy groups -OCH3 is 1. The first-order chi connectivity index (χ1) is 10.8. The van der Waals surface area contributed by atoms with Crippen molar-refractivity contribution in [1.29, 1.82) is 0 Å². The highest BCUT2D eigenvalue weighted by Gasteiger charge is 2.30. The van der Waals surface area contributed by atoms with Gasteiger partial charge < -0.3 is 9.64 Å². The quantitative estimate of drug-likeness (QED) is 0.386. The van der Waals surface area contributed by atoms with Crippen molar-refractivity contribution < 1.29 is 9.53 Å². The number of amides is 1. The molecule has 0 bridgehead atoms. The van der Waals surface area contributed by atoms with E-state index in [1.54, 1.807) is 19.1 Å². The maximum atomic E-state index is 10.3. The predicted octanol–water partition coefficient (Wildman–Crippen LogP) is 5.36. The summed E-state index contributed by atoms with van der Waals surface area (Å²) < 4.78 is 9.36. The van der Waals surface area contributed by atoms with Gasteiger partial charge in [-0.1, -0.05) is 6.92 Å². The van der Waals surface area contributed by atoms with Crippen LogP contribution in [0.15, 0.2) is 4.40 Å². The van der Waals surface area contributed by atoms with Crippen molar-refractivity contribution in [3.05, 3.63) is 0 Å². The van der Waals surface area contributed by atoms with Crippen molar-refractivity contribution in [3.63, 3.8) is 0 Å². The van der Waals surface area contributed by atoms with Gasteiger partial charge in [0.2, 0.25) is 6.41 Å². The van der Waals surface area contributed by atoms with Gasteiger partial charge in [-0.25, -0.2) is 4.40 Å². The van der Waals surface area contributed by atoms with E-state index in [1.807, 2.05) is 31.9 Å². The molecular formula is C19H40N2O2S. The molecule has 0 aromatic rings. The number of ether oxygens (including phenoxy) is 1. The summed E-state index contributed by atoms with van der Waals surface area (Å²) in [5.41, 5.74) is 0.168. The molecule has 1 aliphatic heterocycles. The lowest BCUT2D eigenvalue weighted by molar-refractivity contribution is -0.120. The molecular weight excluding hydrogens is 320 g/mol. The number of carbonyl (C=O) groups excluding carboxylic acids is 1. The fourth-order valence-electron chi connectivity index (χ4n) is 1.59. The summed E-state index contributed by atoms with van der Waals surface area (Å²) in [5.74, 6) is 0. The number of rotatable bonds is 3. The van der Waals surface area contributed by atoms with Gasteiger partial charge in [-0.2, -0.15) is 0 Å². The van der Waals surface area contributed by atoms with Gasteiger partial charge in [0.1, 0.15) is 0 Å². The molecule has 1 saturated heterocycles. The van der Waals surface area contributed by atoms with E-state index in [0.717, 1.165) is 32.2 Å². The minimum Gasteiger partial charge on any atom is -0.379 e. The lowest BCUT2D eigenvalue weighted by atomic mass is 10.0. The van der Waals surface area contributed by atoms with Gasteiger partial charge in [0.15, 0.2) is 0 Å². The van der Waals surface area contributed by atoms with Crippen molar-refractivity contribution in [2.45, 2.75) is 97.5 Å². The lowest BCUT2D eigenvalue weighted by Gasteiger charge is -2.27. The number of carbonyl (C=O) groups is 1. The van der Waals surface area contributed by atoms with E-state index in [2.05, 4.69) is 45.9 Å². The van der Waals surface area contributed by atoms with Gasteiger partial charge in [-0.15, -0.1) is 0 Å². The normalized spacial score (nSPS) is 17.0. The van der Waals surface area contributed by atoms with Crippen molar-refractivity contribution in [1.82, 2.24) is 4.90 Å². The molecule has 0 N–H and O–H groups in total. The van der Waals surface area contributed by atoms with Crippen LogP contribution in [0.4, 0.5) is 0 Å². The third kappa shape index (κ3) is 16.3. The Hall–Kier alpha value is -0.550. The van der Waals surface area contributed by atoms with Crippen LogP contribution < -0.4 is 0 Å². The van der Waals surface area contributed by atoms with Crippen LogP contribution in [0.5, 0.6) is 0 Å². The Morgan fingerprint density at radius 1 is 1.21 bits per heavy atom. The zero-order chi connectivity index (χ0) is 19.4. The number of likely N-dealkylation sites (tertiary alicyclic amines) is 1. The smallest absolute Gasteiger partial charge is 0.210 e. The molecule has 0 aromatic carbocycles. The summed E-state index contributed by atoms with van der Waals surface area (Å²) in [4.78, 5) is 12.2. The highest BCUT2D eigenvalue weighted by atomic mass is 32.2. The molecule has 0 saturated carbocycles. The molecule has 0 atom stereocenters. The van der Waals surface area contributed by atoms with Crippen LogP contribution >= 0.6 is 11.9 Å². The van der Waals surface area contributed by atoms with Crippen LogP contribution in [-0.2, 0) is 9.53 Å². The number of hydrogen-bond donors (Lipinski definition) is 0. The van der Waals surface area contributed by atoms with E-state index in [9.17, 15) is 4.79 Å². The number of nitrogens with zero attached hydrogens (tertiary/aromatic N) is 2. The van der Waals surface area contributed by atoms with E-state index >= 15 is 0 Å². The standard InChI is InChI=1S/C7H13NO.C7H15NS.C5H12O/c1-7(2)4-3-5-8(7)6-9;1-5-6-8-9-7(2,3)4;1-5(2,3)6-4/h6H,3-5H2,1-2H3;6H,5H2,1-4H3;1-4H3/b;8-6-;. The maximum absolute atomic E-state index is 10.3. The minimum absolute atomic E-state index is 0.0417. The summed E-state index contributed by atoms with van der Waals surface area (Å²) in [7, 11) is 1.71. The first-order valence-corrected chi connectivity index (χ1v) is 9.53. The molecule has 1 aliphatic rings. The number of hydrogen-bond acceptors (Lipinski definition) is 4. The molecule has 0 aliphatic carbocycles. The third-order valence-corrected chi connectivity index (χ3v) is 4.09. The molecule has 144 valence electrons. The molecule has 1 heterocycles. The van der Waals surface area contributed by atoms with Crippen molar-refractivity contribution in [2.24, 2.45) is 4.40 Å². The molecule has 1 amide bonds. The second-order valence-corrected chi connectivity index (χ2v) is 10.0. The highest BCUT2D eigenvalue weighted by Crippen LogP contribution is 2.25. The van der Waals surface area contributed by atoms with Crippen molar-refractivity contribution >= 4 is 24.6 Å². The van der Waals surface area contributed by atoms with Crippen LogP contribution in [0, 0.1) is 0 Å². The zero-order valence-electron chi connectivity index (χ0n) is 17.6. The molecule has 4 nitrogen and oxygen atoms in total. The summed E-state index contributed by atoms with van der Waals surface area (Å²) in [6.07, 6.45) is 6.23. The topological polar surface area (TPSA) is 41.9 Å². The van der Waals surface area contributed by atoms with E-state index in [0.29, 0.717) is 0 Å². The minimum atomic E-state index is 0.0417.